The van der Waals surface area contributed by atoms with Crippen molar-refractivity contribution in [1.29, 1.82) is 0 Å². The van der Waals surface area contributed by atoms with Gasteiger partial charge in [0.05, 0.1) is 17.6 Å². The predicted molar refractivity (Wildman–Crippen MR) is 127 cm³/mol. The molecule has 0 unspecified atom stereocenters. The fourth-order valence-electron chi connectivity index (χ4n) is 3.21. The standard InChI is InChI=1S/C22H17Cl3N4O3/c1-31-22(30)19-20(14-4-2-12(23)10-16(14)25)32-29-21(19)28-9-8-27-17-6-7-26-18-11-13(24)3-5-15(17)18/h2-7,10-11H,8-9H2,1H3,(H,26,27)(H,28,29). The molecule has 32 heavy (non-hydrogen) atoms. The van der Waals surface area contributed by atoms with Gasteiger partial charge in [-0.05, 0) is 42.5 Å². The molecule has 0 atom stereocenters. The van der Waals surface area contributed by atoms with E-state index in [1.807, 2.05) is 24.3 Å². The highest BCUT2D eigenvalue weighted by molar-refractivity contribution is 6.36. The lowest BCUT2D eigenvalue weighted by atomic mass is 10.1. The summed E-state index contributed by atoms with van der Waals surface area (Å²) in [5, 5.41) is 12.8. The molecule has 0 saturated carbocycles. The minimum Gasteiger partial charge on any atom is -0.465 e. The van der Waals surface area contributed by atoms with Crippen LogP contribution in [0.1, 0.15) is 10.4 Å². The normalized spacial score (nSPS) is 10.9. The zero-order valence-corrected chi connectivity index (χ0v) is 19.1. The predicted octanol–water partition coefficient (Wildman–Crippen LogP) is 6.16. The Labute approximate surface area is 198 Å². The quantitative estimate of drug-likeness (QED) is 0.236. The Morgan fingerprint density at radius 3 is 2.56 bits per heavy atom. The third kappa shape index (κ3) is 4.60. The topological polar surface area (TPSA) is 89.3 Å². The van der Waals surface area contributed by atoms with Gasteiger partial charge in [0.1, 0.15) is 0 Å². The van der Waals surface area contributed by atoms with Gasteiger partial charge in [0.25, 0.3) is 0 Å². The minimum atomic E-state index is -0.597. The molecule has 10 heteroatoms. The highest BCUT2D eigenvalue weighted by atomic mass is 35.5. The number of benzene rings is 2. The minimum absolute atomic E-state index is 0.153. The first-order chi connectivity index (χ1) is 15.5. The third-order valence-corrected chi connectivity index (χ3v) is 5.48. The first-order valence-electron chi connectivity index (χ1n) is 9.53. The molecule has 0 fully saturated rings. The molecule has 4 rings (SSSR count). The van der Waals surface area contributed by atoms with Crippen LogP contribution in [0.15, 0.2) is 53.2 Å². The van der Waals surface area contributed by atoms with Gasteiger partial charge in [-0.3, -0.25) is 4.98 Å². The van der Waals surface area contributed by atoms with E-state index < -0.39 is 5.97 Å². The maximum atomic E-state index is 12.4. The van der Waals surface area contributed by atoms with Crippen LogP contribution in [0.25, 0.3) is 22.2 Å². The molecule has 2 aromatic carbocycles. The molecule has 0 saturated heterocycles. The van der Waals surface area contributed by atoms with E-state index in [-0.39, 0.29) is 17.1 Å². The maximum absolute atomic E-state index is 12.4. The van der Waals surface area contributed by atoms with E-state index in [9.17, 15) is 4.79 Å². The Bertz CT molecular complexity index is 1290. The van der Waals surface area contributed by atoms with Crippen molar-refractivity contribution in [3.05, 3.63) is 69.3 Å². The number of esters is 1. The summed E-state index contributed by atoms with van der Waals surface area (Å²) in [6, 6.07) is 12.3. The van der Waals surface area contributed by atoms with Gasteiger partial charge in [-0.25, -0.2) is 4.79 Å². The molecule has 0 aliphatic carbocycles. The second kappa shape index (κ2) is 9.65. The van der Waals surface area contributed by atoms with Crippen LogP contribution >= 0.6 is 34.8 Å². The summed E-state index contributed by atoms with van der Waals surface area (Å²) in [5.41, 5.74) is 2.35. The molecule has 0 spiro atoms. The van der Waals surface area contributed by atoms with E-state index in [2.05, 4.69) is 20.8 Å². The largest absolute Gasteiger partial charge is 0.465 e. The number of hydrogen-bond acceptors (Lipinski definition) is 7. The molecule has 0 bridgehead atoms. The van der Waals surface area contributed by atoms with E-state index in [0.29, 0.717) is 33.7 Å². The number of aromatic nitrogens is 2. The molecule has 7 nitrogen and oxygen atoms in total. The van der Waals surface area contributed by atoms with E-state index in [0.717, 1.165) is 16.6 Å². The summed E-state index contributed by atoms with van der Waals surface area (Å²) in [7, 11) is 1.29. The van der Waals surface area contributed by atoms with E-state index >= 15 is 0 Å². The second-order valence-electron chi connectivity index (χ2n) is 6.72. The van der Waals surface area contributed by atoms with Crippen LogP contribution in [-0.2, 0) is 4.74 Å². The Kier molecular flexibility index (Phi) is 6.69. The molecule has 2 aromatic heterocycles. The number of pyridine rings is 1. The van der Waals surface area contributed by atoms with Gasteiger partial charge in [0, 0.05) is 46.0 Å². The third-order valence-electron chi connectivity index (χ3n) is 4.70. The number of anilines is 2. The Balaban J connectivity index is 1.50. The highest BCUT2D eigenvalue weighted by Gasteiger charge is 2.26. The van der Waals surface area contributed by atoms with Crippen LogP contribution in [0.2, 0.25) is 15.1 Å². The number of nitrogens with zero attached hydrogens (tertiary/aromatic N) is 2. The molecule has 0 radical (unpaired) electrons. The van der Waals surface area contributed by atoms with Crippen LogP contribution < -0.4 is 10.6 Å². The van der Waals surface area contributed by atoms with Gasteiger partial charge in [-0.1, -0.05) is 40.0 Å². The SMILES string of the molecule is COC(=O)c1c(NCCNc2ccnc3cc(Cl)ccc23)noc1-c1ccc(Cl)cc1Cl. The molecule has 2 heterocycles. The fourth-order valence-corrected chi connectivity index (χ4v) is 3.87. The van der Waals surface area contributed by atoms with Crippen LogP contribution in [0.4, 0.5) is 11.5 Å². The summed E-state index contributed by atoms with van der Waals surface area (Å²) in [4.78, 5) is 16.8. The summed E-state index contributed by atoms with van der Waals surface area (Å²) in [6.07, 6.45) is 1.71. The summed E-state index contributed by atoms with van der Waals surface area (Å²) in [6.45, 7) is 0.980. The van der Waals surface area contributed by atoms with Gasteiger partial charge < -0.3 is 19.9 Å². The van der Waals surface area contributed by atoms with Gasteiger partial charge >= 0.3 is 5.97 Å². The van der Waals surface area contributed by atoms with Gasteiger partial charge in [0.15, 0.2) is 17.1 Å². The van der Waals surface area contributed by atoms with Crippen molar-refractivity contribution in [3.8, 4) is 11.3 Å². The number of ether oxygens (including phenoxy) is 1. The van der Waals surface area contributed by atoms with Gasteiger partial charge in [-0.2, -0.15) is 0 Å². The number of rotatable bonds is 7. The summed E-state index contributed by atoms with van der Waals surface area (Å²) >= 11 is 18.3. The van der Waals surface area contributed by atoms with Crippen molar-refractivity contribution in [2.45, 2.75) is 0 Å². The fraction of sp³-hybridized carbons (Fsp3) is 0.136. The molecule has 2 N–H and O–H groups in total. The van der Waals surface area contributed by atoms with Crippen molar-refractivity contribution in [2.24, 2.45) is 0 Å². The van der Waals surface area contributed by atoms with Crippen LogP contribution in [0.5, 0.6) is 0 Å². The monoisotopic (exact) mass is 490 g/mol. The molecule has 4 aromatic rings. The lowest BCUT2D eigenvalue weighted by Gasteiger charge is -2.10. The lowest BCUT2D eigenvalue weighted by molar-refractivity contribution is 0.0602. The maximum Gasteiger partial charge on any atom is 0.345 e. The summed E-state index contributed by atoms with van der Waals surface area (Å²) < 4.78 is 10.3. The second-order valence-corrected chi connectivity index (χ2v) is 8.00. The van der Waals surface area contributed by atoms with Crippen LogP contribution in [0, 0.1) is 0 Å². The van der Waals surface area contributed by atoms with Crippen molar-refractivity contribution in [3.63, 3.8) is 0 Å². The number of fused-ring (bicyclic) bond motifs is 1. The van der Waals surface area contributed by atoms with Crippen molar-refractivity contribution >= 4 is 63.2 Å². The molecule has 0 aliphatic rings. The number of carbonyl (C=O) groups excluding carboxylic acids is 1. The zero-order valence-electron chi connectivity index (χ0n) is 16.8. The van der Waals surface area contributed by atoms with E-state index in [1.54, 1.807) is 24.4 Å². The smallest absolute Gasteiger partial charge is 0.345 e. The van der Waals surface area contributed by atoms with Crippen molar-refractivity contribution in [2.75, 3.05) is 30.8 Å². The molecular formula is C22H17Cl3N4O3. The zero-order chi connectivity index (χ0) is 22.7. The summed E-state index contributed by atoms with van der Waals surface area (Å²) in [5.74, 6) is -0.142. The number of methoxy groups -OCH3 is 1. The Morgan fingerprint density at radius 1 is 1.03 bits per heavy atom. The van der Waals surface area contributed by atoms with E-state index in [1.165, 1.54) is 7.11 Å². The number of hydrogen-bond donors (Lipinski definition) is 2. The Hall–Kier alpha value is -3.00. The Morgan fingerprint density at radius 2 is 1.78 bits per heavy atom. The van der Waals surface area contributed by atoms with Gasteiger partial charge in [-0.15, -0.1) is 0 Å². The number of halogens is 3. The number of carbonyl (C=O) groups is 1. The first kappa shape index (κ1) is 22.2. The number of nitrogens with one attached hydrogen (secondary N) is 2. The lowest BCUT2D eigenvalue weighted by Crippen LogP contribution is -2.16. The molecular weight excluding hydrogens is 475 g/mol. The van der Waals surface area contributed by atoms with Gasteiger partial charge in [0.2, 0.25) is 0 Å². The van der Waals surface area contributed by atoms with Crippen LogP contribution in [0.3, 0.4) is 0 Å². The molecule has 164 valence electrons. The molecule has 0 amide bonds. The van der Waals surface area contributed by atoms with Crippen molar-refractivity contribution < 1.29 is 14.1 Å². The van der Waals surface area contributed by atoms with Crippen LogP contribution in [-0.4, -0.2) is 36.3 Å². The average molecular weight is 492 g/mol. The first-order valence-corrected chi connectivity index (χ1v) is 10.7. The average Bonchev–Trinajstić information content (AvgIpc) is 3.19. The van der Waals surface area contributed by atoms with E-state index in [4.69, 9.17) is 44.1 Å². The van der Waals surface area contributed by atoms with Crippen molar-refractivity contribution in [1.82, 2.24) is 10.1 Å². The molecule has 0 aliphatic heterocycles. The highest BCUT2D eigenvalue weighted by Crippen LogP contribution is 2.35.